The summed E-state index contributed by atoms with van der Waals surface area (Å²) in [6, 6.07) is 14.2. The van der Waals surface area contributed by atoms with Crippen LogP contribution in [0.5, 0.6) is 5.75 Å². The van der Waals surface area contributed by atoms with Gasteiger partial charge >= 0.3 is 0 Å². The Balaban J connectivity index is 1.87. The van der Waals surface area contributed by atoms with Crippen LogP contribution in [0.1, 0.15) is 30.6 Å². The Labute approximate surface area is 160 Å². The number of hydrazone groups is 1. The van der Waals surface area contributed by atoms with Gasteiger partial charge in [-0.15, -0.1) is 0 Å². The average Bonchev–Trinajstić information content (AvgIpc) is 2.62. The molecule has 0 spiro atoms. The summed E-state index contributed by atoms with van der Waals surface area (Å²) in [5.74, 6) is 0.187. The van der Waals surface area contributed by atoms with Crippen molar-refractivity contribution in [3.8, 4) is 5.75 Å². The molecule has 0 saturated carbocycles. The third-order valence-electron chi connectivity index (χ3n) is 3.33. The van der Waals surface area contributed by atoms with Gasteiger partial charge in [-0.1, -0.05) is 12.1 Å². The summed E-state index contributed by atoms with van der Waals surface area (Å²) in [4.78, 5) is 24.1. The number of ether oxygens (including phenoxy) is 1. The summed E-state index contributed by atoms with van der Waals surface area (Å²) in [5.41, 5.74) is 4.09. The molecule has 0 heterocycles. The van der Waals surface area contributed by atoms with Gasteiger partial charge in [0.05, 0.1) is 18.6 Å². The minimum absolute atomic E-state index is 0.0729. The van der Waals surface area contributed by atoms with Crippen LogP contribution in [-0.4, -0.2) is 24.1 Å². The maximum Gasteiger partial charge on any atom is 0.272 e. The van der Waals surface area contributed by atoms with E-state index in [4.69, 9.17) is 4.74 Å². The average molecular weight is 418 g/mol. The molecule has 0 fully saturated rings. The van der Waals surface area contributed by atoms with E-state index < -0.39 is 0 Å². The van der Waals surface area contributed by atoms with Gasteiger partial charge in [-0.25, -0.2) is 5.43 Å². The summed E-state index contributed by atoms with van der Waals surface area (Å²) >= 11 is 3.31. The Bertz CT molecular complexity index is 804. The minimum Gasteiger partial charge on any atom is -0.494 e. The molecule has 2 rings (SSSR count). The molecule has 0 aliphatic carbocycles. The normalized spacial score (nSPS) is 11.0. The highest BCUT2D eigenvalue weighted by Crippen LogP contribution is 2.16. The maximum absolute atomic E-state index is 12.1. The molecule has 0 aliphatic rings. The third-order valence-corrected chi connectivity index (χ3v) is 4.02. The molecule has 2 amide bonds. The van der Waals surface area contributed by atoms with E-state index in [9.17, 15) is 9.59 Å². The molecule has 0 atom stereocenters. The first-order chi connectivity index (χ1) is 12.5. The first-order valence-corrected chi connectivity index (χ1v) is 8.89. The van der Waals surface area contributed by atoms with Crippen molar-refractivity contribution in [3.05, 3.63) is 58.6 Å². The number of carbonyl (C=O) groups excluding carboxylic acids is 2. The molecule has 0 bridgehead atoms. The zero-order valence-electron chi connectivity index (χ0n) is 14.6. The number of halogens is 1. The van der Waals surface area contributed by atoms with Crippen LogP contribution < -0.4 is 15.5 Å². The highest BCUT2D eigenvalue weighted by Gasteiger charge is 2.09. The van der Waals surface area contributed by atoms with E-state index in [1.165, 1.54) is 0 Å². The summed E-state index contributed by atoms with van der Waals surface area (Å²) in [5, 5.41) is 6.75. The van der Waals surface area contributed by atoms with Gasteiger partial charge < -0.3 is 10.1 Å². The van der Waals surface area contributed by atoms with Crippen LogP contribution in [0.15, 0.2) is 58.1 Å². The van der Waals surface area contributed by atoms with Gasteiger partial charge in [0.2, 0.25) is 5.91 Å². The smallest absolute Gasteiger partial charge is 0.272 e. The lowest BCUT2D eigenvalue weighted by Gasteiger charge is -2.07. The maximum atomic E-state index is 12.1. The molecule has 0 aliphatic heterocycles. The summed E-state index contributed by atoms with van der Waals surface area (Å²) in [7, 11) is 0. The Morgan fingerprint density at radius 3 is 2.46 bits per heavy atom. The van der Waals surface area contributed by atoms with Crippen LogP contribution in [0.25, 0.3) is 0 Å². The van der Waals surface area contributed by atoms with Gasteiger partial charge in [-0.05, 0) is 66.2 Å². The highest BCUT2D eigenvalue weighted by atomic mass is 79.9. The molecule has 136 valence electrons. The van der Waals surface area contributed by atoms with Crippen LogP contribution in [0.2, 0.25) is 0 Å². The van der Waals surface area contributed by atoms with E-state index in [2.05, 4.69) is 31.8 Å². The van der Waals surface area contributed by atoms with Gasteiger partial charge in [-0.3, -0.25) is 9.59 Å². The van der Waals surface area contributed by atoms with Crippen LogP contribution in [0.3, 0.4) is 0 Å². The quantitative estimate of drug-likeness (QED) is 0.527. The Morgan fingerprint density at radius 2 is 1.81 bits per heavy atom. The Morgan fingerprint density at radius 1 is 1.12 bits per heavy atom. The molecule has 0 radical (unpaired) electrons. The standard InChI is InChI=1S/C19H20BrN3O3/c1-3-26-15-10-8-14(9-11-15)21-18(24)12-13(2)22-23-19(25)16-6-4-5-7-17(16)20/h4-11H,3,12H2,1-2H3,(H,21,24)(H,23,25)/b22-13+. The van der Waals surface area contributed by atoms with Gasteiger partial charge in [0.25, 0.3) is 5.91 Å². The van der Waals surface area contributed by atoms with E-state index in [-0.39, 0.29) is 18.2 Å². The molecular weight excluding hydrogens is 398 g/mol. The molecule has 6 nitrogen and oxygen atoms in total. The lowest BCUT2D eigenvalue weighted by Crippen LogP contribution is -2.21. The number of nitrogens with one attached hydrogen (secondary N) is 2. The van der Waals surface area contributed by atoms with Crippen molar-refractivity contribution in [2.75, 3.05) is 11.9 Å². The van der Waals surface area contributed by atoms with Gasteiger partial charge in [0, 0.05) is 15.9 Å². The summed E-state index contributed by atoms with van der Waals surface area (Å²) in [6.07, 6.45) is 0.0729. The molecular formula is C19H20BrN3O3. The van der Waals surface area contributed by atoms with Crippen molar-refractivity contribution in [2.45, 2.75) is 20.3 Å². The Kier molecular flexibility index (Phi) is 7.35. The fourth-order valence-corrected chi connectivity index (χ4v) is 2.59. The molecule has 26 heavy (non-hydrogen) atoms. The number of amides is 2. The van der Waals surface area contributed by atoms with Crippen LogP contribution in [0.4, 0.5) is 5.69 Å². The van der Waals surface area contributed by atoms with Crippen LogP contribution >= 0.6 is 15.9 Å². The SMILES string of the molecule is CCOc1ccc(NC(=O)C/C(C)=N/NC(=O)c2ccccc2Br)cc1. The topological polar surface area (TPSA) is 79.8 Å². The summed E-state index contributed by atoms with van der Waals surface area (Å²) < 4.78 is 6.03. The van der Waals surface area contributed by atoms with Crippen LogP contribution in [-0.2, 0) is 4.79 Å². The molecule has 0 saturated heterocycles. The predicted octanol–water partition coefficient (Wildman–Crippen LogP) is 3.98. The fraction of sp³-hybridized carbons (Fsp3) is 0.211. The van der Waals surface area contributed by atoms with E-state index in [1.807, 2.05) is 13.0 Å². The van der Waals surface area contributed by atoms with Gasteiger partial charge in [-0.2, -0.15) is 5.10 Å². The molecule has 0 aromatic heterocycles. The van der Waals surface area contributed by atoms with Crippen LogP contribution in [0, 0.1) is 0 Å². The van der Waals surface area contributed by atoms with E-state index in [0.717, 1.165) is 5.75 Å². The monoisotopic (exact) mass is 417 g/mol. The largest absolute Gasteiger partial charge is 0.494 e. The number of anilines is 1. The zero-order valence-corrected chi connectivity index (χ0v) is 16.2. The lowest BCUT2D eigenvalue weighted by molar-refractivity contribution is -0.115. The zero-order chi connectivity index (χ0) is 18.9. The second kappa shape index (κ2) is 9.72. The molecule has 7 heteroatoms. The van der Waals surface area contributed by atoms with E-state index >= 15 is 0 Å². The van der Waals surface area contributed by atoms with E-state index in [0.29, 0.717) is 28.0 Å². The number of hydrogen-bond acceptors (Lipinski definition) is 4. The number of rotatable bonds is 7. The number of benzene rings is 2. The first-order valence-electron chi connectivity index (χ1n) is 8.10. The van der Waals surface area contributed by atoms with Crippen molar-refractivity contribution >= 4 is 39.1 Å². The first kappa shape index (κ1) is 19.7. The van der Waals surface area contributed by atoms with Crippen molar-refractivity contribution in [1.29, 1.82) is 0 Å². The predicted molar refractivity (Wildman–Crippen MR) is 106 cm³/mol. The summed E-state index contributed by atoms with van der Waals surface area (Å²) in [6.45, 7) is 4.18. The second-order valence-corrected chi connectivity index (χ2v) is 6.30. The second-order valence-electron chi connectivity index (χ2n) is 5.45. The van der Waals surface area contributed by atoms with Crippen molar-refractivity contribution < 1.29 is 14.3 Å². The number of hydrogen-bond donors (Lipinski definition) is 2. The molecule has 0 unspecified atom stereocenters. The van der Waals surface area contributed by atoms with Gasteiger partial charge in [0.15, 0.2) is 0 Å². The number of nitrogens with zero attached hydrogens (tertiary/aromatic N) is 1. The van der Waals surface area contributed by atoms with Crippen molar-refractivity contribution in [3.63, 3.8) is 0 Å². The number of carbonyl (C=O) groups is 2. The van der Waals surface area contributed by atoms with Gasteiger partial charge in [0.1, 0.15) is 5.75 Å². The molecule has 2 aromatic carbocycles. The van der Waals surface area contributed by atoms with Crippen molar-refractivity contribution in [1.82, 2.24) is 5.43 Å². The minimum atomic E-state index is -0.344. The molecule has 2 N–H and O–H groups in total. The molecule has 2 aromatic rings. The fourth-order valence-electron chi connectivity index (χ4n) is 2.13. The Hall–Kier alpha value is -2.67. The van der Waals surface area contributed by atoms with Crippen molar-refractivity contribution in [2.24, 2.45) is 5.10 Å². The van der Waals surface area contributed by atoms with E-state index in [1.54, 1.807) is 49.4 Å². The lowest BCUT2D eigenvalue weighted by atomic mass is 10.2. The third kappa shape index (κ3) is 6.00. The highest BCUT2D eigenvalue weighted by molar-refractivity contribution is 9.10.